The average molecular weight is 725 g/mol. The minimum atomic E-state index is -0.475. The van der Waals surface area contributed by atoms with Crippen LogP contribution in [-0.2, 0) is 10.8 Å². The van der Waals surface area contributed by atoms with Crippen LogP contribution in [0.3, 0.4) is 0 Å². The lowest BCUT2D eigenvalue weighted by atomic mass is 9.79. The number of rotatable bonds is 2. The number of carbonyl (C=O) groups excluding carboxylic acids is 2. The van der Waals surface area contributed by atoms with Crippen LogP contribution < -0.4 is 0 Å². The van der Waals surface area contributed by atoms with Crippen LogP contribution >= 0.6 is 11.3 Å². The number of nitriles is 2. The van der Waals surface area contributed by atoms with E-state index in [0.29, 0.717) is 44.5 Å². The van der Waals surface area contributed by atoms with Crippen molar-refractivity contribution in [3.05, 3.63) is 186 Å². The smallest absolute Gasteiger partial charge is 0.270 e. The van der Waals surface area contributed by atoms with Crippen molar-refractivity contribution >= 4 is 66.4 Å². The van der Waals surface area contributed by atoms with Crippen LogP contribution in [0.2, 0.25) is 0 Å². The first-order valence-corrected chi connectivity index (χ1v) is 18.5. The van der Waals surface area contributed by atoms with Gasteiger partial charge in [0.05, 0.1) is 25.3 Å². The van der Waals surface area contributed by atoms with Gasteiger partial charge in [-0.3, -0.25) is 9.59 Å². The van der Waals surface area contributed by atoms with Gasteiger partial charge >= 0.3 is 0 Å². The molecular formula is C48H28N4O2S. The second-order valence-corrected chi connectivity index (χ2v) is 16.3. The summed E-state index contributed by atoms with van der Waals surface area (Å²) in [5.74, 6) is -0.375. The topological polar surface area (TPSA) is 90.4 Å². The molecule has 0 N–H and O–H groups in total. The van der Waals surface area contributed by atoms with E-state index in [9.17, 15) is 20.1 Å². The molecule has 5 aromatic rings. The quantitative estimate of drug-likeness (QED) is 0.103. The minimum absolute atomic E-state index is 0.0955. The Kier molecular flexibility index (Phi) is 7.14. The van der Waals surface area contributed by atoms with Crippen molar-refractivity contribution in [1.82, 2.24) is 0 Å². The fraction of sp³-hybridized carbons (Fsp3) is 0.125. The number of carbonyl (C=O) groups is 2. The van der Waals surface area contributed by atoms with Crippen molar-refractivity contribution in [2.75, 3.05) is 0 Å². The predicted octanol–water partition coefficient (Wildman–Crippen LogP) is 11.4. The zero-order chi connectivity index (χ0) is 38.6. The second kappa shape index (κ2) is 11.7. The molecule has 0 fully saturated rings. The molecule has 258 valence electrons. The number of thiophene rings is 1. The summed E-state index contributed by atoms with van der Waals surface area (Å²) in [6.45, 7) is 23.9. The second-order valence-electron chi connectivity index (χ2n) is 15.2. The zero-order valence-electron chi connectivity index (χ0n) is 30.3. The van der Waals surface area contributed by atoms with Gasteiger partial charge in [0.15, 0.2) is 11.6 Å². The first-order valence-electron chi connectivity index (χ1n) is 17.7. The van der Waals surface area contributed by atoms with Gasteiger partial charge in [-0.25, -0.2) is 20.2 Å². The highest BCUT2D eigenvalue weighted by molar-refractivity contribution is 7.25. The SMILES string of the molecule is [C-]#[N+]C(C#N)=C1/C(=C/C2=Cc3cc4sc5cc6c(cc5c4cc3C2(C)C)C(C)(C)C(/C=C2\C(=O)c3ccccc3\C2=C(\C#N)[N+]#[C-])=C6)C(=O)c2ccccc21. The molecule has 7 heteroatoms. The molecule has 9 rings (SSSR count). The van der Waals surface area contributed by atoms with Gasteiger partial charge in [-0.05, 0) is 80.9 Å². The maximum absolute atomic E-state index is 13.7. The molecule has 0 saturated heterocycles. The Labute approximate surface area is 321 Å². The van der Waals surface area contributed by atoms with Crippen LogP contribution in [-0.4, -0.2) is 11.6 Å². The Morgan fingerprint density at radius 3 is 1.38 bits per heavy atom. The van der Waals surface area contributed by atoms with Crippen molar-refractivity contribution in [3.8, 4) is 12.1 Å². The minimum Gasteiger partial charge on any atom is -0.289 e. The molecule has 6 nitrogen and oxygen atoms in total. The summed E-state index contributed by atoms with van der Waals surface area (Å²) >= 11 is 1.72. The molecule has 4 aromatic carbocycles. The zero-order valence-corrected chi connectivity index (χ0v) is 31.1. The van der Waals surface area contributed by atoms with Crippen LogP contribution in [0, 0.1) is 35.8 Å². The van der Waals surface area contributed by atoms with Gasteiger partial charge < -0.3 is 0 Å². The van der Waals surface area contributed by atoms with E-state index >= 15 is 0 Å². The molecule has 1 aromatic heterocycles. The Hall–Kier alpha value is -7.16. The van der Waals surface area contributed by atoms with Crippen LogP contribution in [0.1, 0.15) is 81.8 Å². The van der Waals surface area contributed by atoms with E-state index in [2.05, 4.69) is 73.8 Å². The van der Waals surface area contributed by atoms with Crippen molar-refractivity contribution in [3.63, 3.8) is 0 Å². The fourth-order valence-corrected chi connectivity index (χ4v) is 9.81. The van der Waals surface area contributed by atoms with E-state index in [1.807, 2.05) is 36.4 Å². The maximum atomic E-state index is 13.7. The molecule has 4 aliphatic rings. The van der Waals surface area contributed by atoms with Crippen molar-refractivity contribution < 1.29 is 9.59 Å². The highest BCUT2D eigenvalue weighted by atomic mass is 32.1. The van der Waals surface area contributed by atoms with Crippen LogP contribution in [0.15, 0.2) is 119 Å². The number of Topliss-reactive ketones (excluding diaryl/α,β-unsaturated/α-hetero) is 2. The predicted molar refractivity (Wildman–Crippen MR) is 217 cm³/mol. The number of allylic oxidation sites excluding steroid dienone is 10. The number of hydrogen-bond acceptors (Lipinski definition) is 5. The van der Waals surface area contributed by atoms with E-state index in [0.717, 1.165) is 53.6 Å². The number of nitrogens with zero attached hydrogens (tertiary/aromatic N) is 4. The van der Waals surface area contributed by atoms with Crippen molar-refractivity contribution in [1.29, 1.82) is 10.5 Å². The van der Waals surface area contributed by atoms with Gasteiger partial charge in [-0.2, -0.15) is 0 Å². The van der Waals surface area contributed by atoms with Gasteiger partial charge in [0.2, 0.25) is 0 Å². The number of ketones is 2. The van der Waals surface area contributed by atoms with Crippen molar-refractivity contribution in [2.45, 2.75) is 38.5 Å². The Morgan fingerprint density at radius 2 is 1.02 bits per heavy atom. The van der Waals surface area contributed by atoms with Gasteiger partial charge in [0.25, 0.3) is 11.4 Å². The molecule has 1 heterocycles. The van der Waals surface area contributed by atoms with Crippen LogP contribution in [0.4, 0.5) is 0 Å². The monoisotopic (exact) mass is 724 g/mol. The molecule has 0 saturated carbocycles. The highest BCUT2D eigenvalue weighted by Gasteiger charge is 2.39. The van der Waals surface area contributed by atoms with E-state index in [1.54, 1.807) is 47.7 Å². The summed E-state index contributed by atoms with van der Waals surface area (Å²) < 4.78 is 2.28. The van der Waals surface area contributed by atoms with Crippen LogP contribution in [0.5, 0.6) is 0 Å². The lowest BCUT2D eigenvalue weighted by Gasteiger charge is -2.24. The number of hydrogen-bond donors (Lipinski definition) is 0. The molecule has 55 heavy (non-hydrogen) atoms. The normalized spacial score (nSPS) is 20.3. The van der Waals surface area contributed by atoms with Crippen LogP contribution in [0.25, 0.3) is 53.2 Å². The molecular weight excluding hydrogens is 697 g/mol. The lowest BCUT2D eigenvalue weighted by molar-refractivity contribution is 0.103. The summed E-state index contributed by atoms with van der Waals surface area (Å²) in [5, 5.41) is 21.9. The lowest BCUT2D eigenvalue weighted by Crippen LogP contribution is -2.17. The molecule has 0 spiro atoms. The molecule has 0 radical (unpaired) electrons. The third-order valence-electron chi connectivity index (χ3n) is 11.6. The highest BCUT2D eigenvalue weighted by Crippen LogP contribution is 2.51. The summed E-state index contributed by atoms with van der Waals surface area (Å²) in [4.78, 5) is 34.4. The largest absolute Gasteiger partial charge is 0.289 e. The van der Waals surface area contributed by atoms with Gasteiger partial charge in [-0.1, -0.05) is 88.4 Å². The third kappa shape index (κ3) is 4.62. The summed E-state index contributed by atoms with van der Waals surface area (Å²) in [5.41, 5.74) is 8.85. The third-order valence-corrected chi connectivity index (χ3v) is 12.8. The molecule has 4 aliphatic carbocycles. The maximum Gasteiger partial charge on any atom is 0.270 e. The first-order chi connectivity index (χ1) is 26.4. The molecule has 0 atom stereocenters. The average Bonchev–Trinajstić information content (AvgIpc) is 3.90. The Bertz CT molecular complexity index is 2870. The summed E-state index contributed by atoms with van der Waals surface area (Å²) in [6.07, 6.45) is 7.98. The number of benzene rings is 4. The Morgan fingerprint density at radius 1 is 0.636 bits per heavy atom. The fourth-order valence-electron chi connectivity index (χ4n) is 8.65. The van der Waals surface area contributed by atoms with E-state index in [4.69, 9.17) is 13.1 Å². The summed E-state index contributed by atoms with van der Waals surface area (Å²) in [7, 11) is 0. The molecule has 0 amide bonds. The molecule has 0 bridgehead atoms. The van der Waals surface area contributed by atoms with Gasteiger partial charge in [0, 0.05) is 64.4 Å². The van der Waals surface area contributed by atoms with Gasteiger partial charge in [-0.15, -0.1) is 11.3 Å². The standard InChI is InChI=1S/C48H28N4O2S/c1-47(2)27(19-35-43(39(23-49)51-5)29-11-7-9-13-31(29)45(35)53)15-25-17-41-33(21-37(25)47)34-22-38-26(18-42(34)55-41)16-28(48(38,3)4)20-36-44(40(24-50)52-6)30-12-8-10-14-32(30)46(36)54/h7-22H,1-4H3/b35-19-,36-20-,43-39+,44-40?. The van der Waals surface area contributed by atoms with E-state index in [-0.39, 0.29) is 23.0 Å². The van der Waals surface area contributed by atoms with Crippen molar-refractivity contribution in [2.24, 2.45) is 0 Å². The van der Waals surface area contributed by atoms with Gasteiger partial charge in [0.1, 0.15) is 0 Å². The molecule has 0 unspecified atom stereocenters. The Balaban J connectivity index is 1.13. The number of fused-ring (bicyclic) bond motifs is 7. The van der Waals surface area contributed by atoms with E-state index in [1.165, 1.54) is 0 Å². The molecule has 0 aliphatic heterocycles. The first kappa shape index (κ1) is 33.7. The van der Waals surface area contributed by atoms with E-state index < -0.39 is 10.8 Å². The summed E-state index contributed by atoms with van der Waals surface area (Å²) in [6, 6.07) is 27.3.